The number of hydrogen-bond acceptors (Lipinski definition) is 4. The highest BCUT2D eigenvalue weighted by molar-refractivity contribution is 7.91. The third-order valence-electron chi connectivity index (χ3n) is 2.48. The average molecular weight is 270 g/mol. The second-order valence-electron chi connectivity index (χ2n) is 3.84. The number of carbonyl (C=O) groups excluding carboxylic acids is 1. The Balaban J connectivity index is 2.93. The molecule has 1 rings (SSSR count). The minimum atomic E-state index is -3.33. The van der Waals surface area contributed by atoms with Gasteiger partial charge in [0.15, 0.2) is 9.84 Å². The van der Waals surface area contributed by atoms with Crippen LogP contribution in [0.15, 0.2) is 29.2 Å². The highest BCUT2D eigenvalue weighted by Gasteiger charge is 2.17. The summed E-state index contributed by atoms with van der Waals surface area (Å²) in [7, 11) is -3.33. The SMILES string of the molecule is CCS(=O)(=O)c1ccccc1NC(=O)CCCN. The fraction of sp³-hybridized carbons (Fsp3) is 0.417. The van der Waals surface area contributed by atoms with Gasteiger partial charge in [-0.15, -0.1) is 0 Å². The van der Waals surface area contributed by atoms with Crippen molar-refractivity contribution in [3.05, 3.63) is 24.3 Å². The van der Waals surface area contributed by atoms with Crippen molar-refractivity contribution in [3.8, 4) is 0 Å². The van der Waals surface area contributed by atoms with Crippen LogP contribution in [0.2, 0.25) is 0 Å². The molecule has 1 amide bonds. The molecule has 0 spiro atoms. The van der Waals surface area contributed by atoms with Gasteiger partial charge in [-0.3, -0.25) is 4.79 Å². The molecule has 0 aliphatic heterocycles. The molecule has 0 aliphatic carbocycles. The van der Waals surface area contributed by atoms with Crippen molar-refractivity contribution in [2.24, 2.45) is 5.73 Å². The van der Waals surface area contributed by atoms with Gasteiger partial charge in [0, 0.05) is 6.42 Å². The molecule has 0 atom stereocenters. The highest BCUT2D eigenvalue weighted by atomic mass is 32.2. The minimum Gasteiger partial charge on any atom is -0.330 e. The lowest BCUT2D eigenvalue weighted by Gasteiger charge is -2.10. The van der Waals surface area contributed by atoms with Gasteiger partial charge in [-0.1, -0.05) is 19.1 Å². The molecule has 0 aromatic heterocycles. The van der Waals surface area contributed by atoms with E-state index in [1.165, 1.54) is 6.07 Å². The first-order valence-electron chi connectivity index (χ1n) is 5.83. The zero-order valence-corrected chi connectivity index (χ0v) is 11.2. The smallest absolute Gasteiger partial charge is 0.224 e. The molecule has 0 aliphatic rings. The van der Waals surface area contributed by atoms with Crippen molar-refractivity contribution in [1.29, 1.82) is 0 Å². The Bertz CT molecular complexity index is 512. The number of benzene rings is 1. The molecule has 5 nitrogen and oxygen atoms in total. The topological polar surface area (TPSA) is 89.3 Å². The number of sulfone groups is 1. The first kappa shape index (κ1) is 14.7. The number of carbonyl (C=O) groups is 1. The standard InChI is InChI=1S/C12H18N2O3S/c1-2-18(16,17)11-7-4-3-6-10(11)14-12(15)8-5-9-13/h3-4,6-7H,2,5,8-9,13H2,1H3,(H,14,15). The summed E-state index contributed by atoms with van der Waals surface area (Å²) in [6.07, 6.45) is 0.867. The van der Waals surface area contributed by atoms with Crippen molar-refractivity contribution in [2.75, 3.05) is 17.6 Å². The van der Waals surface area contributed by atoms with Gasteiger partial charge >= 0.3 is 0 Å². The lowest BCUT2D eigenvalue weighted by molar-refractivity contribution is -0.116. The quantitative estimate of drug-likeness (QED) is 0.811. The first-order valence-corrected chi connectivity index (χ1v) is 7.48. The second-order valence-corrected chi connectivity index (χ2v) is 6.09. The van der Waals surface area contributed by atoms with Crippen molar-refractivity contribution in [1.82, 2.24) is 0 Å². The van der Waals surface area contributed by atoms with E-state index in [4.69, 9.17) is 5.73 Å². The van der Waals surface area contributed by atoms with Crippen LogP contribution in [0.25, 0.3) is 0 Å². The molecule has 0 fully saturated rings. The highest BCUT2D eigenvalue weighted by Crippen LogP contribution is 2.22. The van der Waals surface area contributed by atoms with Crippen LogP contribution in [0.3, 0.4) is 0 Å². The van der Waals surface area contributed by atoms with E-state index in [-0.39, 0.29) is 23.0 Å². The van der Waals surface area contributed by atoms with Crippen LogP contribution < -0.4 is 11.1 Å². The van der Waals surface area contributed by atoms with Gasteiger partial charge in [0.05, 0.1) is 16.3 Å². The van der Waals surface area contributed by atoms with Crippen LogP contribution in [0, 0.1) is 0 Å². The Morgan fingerprint density at radius 2 is 2.00 bits per heavy atom. The van der Waals surface area contributed by atoms with E-state index in [1.54, 1.807) is 25.1 Å². The van der Waals surface area contributed by atoms with Crippen molar-refractivity contribution < 1.29 is 13.2 Å². The number of nitrogens with two attached hydrogens (primary N) is 1. The Labute approximate surface area is 107 Å². The Morgan fingerprint density at radius 3 is 2.61 bits per heavy atom. The fourth-order valence-corrected chi connectivity index (χ4v) is 2.52. The summed E-state index contributed by atoms with van der Waals surface area (Å²) in [4.78, 5) is 11.7. The van der Waals surface area contributed by atoms with Gasteiger partial charge in [0.2, 0.25) is 5.91 Å². The number of anilines is 1. The van der Waals surface area contributed by atoms with Crippen LogP contribution in [0.1, 0.15) is 19.8 Å². The van der Waals surface area contributed by atoms with Gasteiger partial charge in [-0.2, -0.15) is 0 Å². The summed E-state index contributed by atoms with van der Waals surface area (Å²) in [6, 6.07) is 6.41. The van der Waals surface area contributed by atoms with Crippen molar-refractivity contribution >= 4 is 21.4 Å². The first-order chi connectivity index (χ1) is 8.51. The maximum Gasteiger partial charge on any atom is 0.224 e. The zero-order valence-electron chi connectivity index (χ0n) is 10.3. The maximum atomic E-state index is 11.8. The summed E-state index contributed by atoms with van der Waals surface area (Å²) in [6.45, 7) is 2.00. The molecular weight excluding hydrogens is 252 g/mol. The number of para-hydroxylation sites is 1. The van der Waals surface area contributed by atoms with Crippen molar-refractivity contribution in [3.63, 3.8) is 0 Å². The normalized spacial score (nSPS) is 11.2. The Kier molecular flexibility index (Phi) is 5.30. The minimum absolute atomic E-state index is 0.00266. The van der Waals surface area contributed by atoms with Gasteiger partial charge in [0.1, 0.15) is 0 Å². The predicted molar refractivity (Wildman–Crippen MR) is 71.1 cm³/mol. The number of rotatable bonds is 6. The number of nitrogens with one attached hydrogen (secondary N) is 1. The molecule has 0 heterocycles. The molecule has 0 radical (unpaired) electrons. The molecule has 1 aromatic rings. The number of hydrogen-bond donors (Lipinski definition) is 2. The van der Waals surface area contributed by atoms with Crippen LogP contribution >= 0.6 is 0 Å². The van der Waals surface area contributed by atoms with Gasteiger partial charge < -0.3 is 11.1 Å². The zero-order chi connectivity index (χ0) is 13.6. The molecule has 6 heteroatoms. The summed E-state index contributed by atoms with van der Waals surface area (Å²) in [5.41, 5.74) is 5.65. The van der Waals surface area contributed by atoms with E-state index >= 15 is 0 Å². The summed E-state index contributed by atoms with van der Waals surface area (Å²) in [5, 5.41) is 2.61. The Morgan fingerprint density at radius 1 is 1.33 bits per heavy atom. The molecule has 100 valence electrons. The van der Waals surface area contributed by atoms with Gasteiger partial charge in [-0.25, -0.2) is 8.42 Å². The monoisotopic (exact) mass is 270 g/mol. The molecule has 0 saturated carbocycles. The lowest BCUT2D eigenvalue weighted by atomic mass is 10.2. The fourth-order valence-electron chi connectivity index (χ4n) is 1.47. The van der Waals surface area contributed by atoms with Crippen LogP contribution in [0.5, 0.6) is 0 Å². The largest absolute Gasteiger partial charge is 0.330 e. The van der Waals surface area contributed by atoms with Gasteiger partial charge in [-0.05, 0) is 25.1 Å². The van der Waals surface area contributed by atoms with E-state index < -0.39 is 9.84 Å². The predicted octanol–water partition coefficient (Wildman–Crippen LogP) is 1.16. The molecular formula is C12H18N2O3S. The maximum absolute atomic E-state index is 11.8. The third-order valence-corrected chi connectivity index (χ3v) is 4.27. The second kappa shape index (κ2) is 6.51. The molecule has 0 unspecified atom stereocenters. The van der Waals surface area contributed by atoms with Crippen LogP contribution in [-0.2, 0) is 14.6 Å². The summed E-state index contributed by atoms with van der Waals surface area (Å²) in [5.74, 6) is -0.220. The number of amides is 1. The Hall–Kier alpha value is -1.40. The third kappa shape index (κ3) is 3.82. The van der Waals surface area contributed by atoms with E-state index in [0.29, 0.717) is 18.7 Å². The van der Waals surface area contributed by atoms with Crippen LogP contribution in [0.4, 0.5) is 5.69 Å². The van der Waals surface area contributed by atoms with E-state index in [0.717, 1.165) is 0 Å². The van der Waals surface area contributed by atoms with Gasteiger partial charge in [0.25, 0.3) is 0 Å². The summed E-state index contributed by atoms with van der Waals surface area (Å²) < 4.78 is 23.7. The molecule has 0 saturated heterocycles. The molecule has 0 bridgehead atoms. The molecule has 3 N–H and O–H groups in total. The van der Waals surface area contributed by atoms with E-state index in [9.17, 15) is 13.2 Å². The molecule has 18 heavy (non-hydrogen) atoms. The van der Waals surface area contributed by atoms with Crippen LogP contribution in [-0.4, -0.2) is 26.6 Å². The van der Waals surface area contributed by atoms with Crippen molar-refractivity contribution in [2.45, 2.75) is 24.7 Å². The lowest BCUT2D eigenvalue weighted by Crippen LogP contribution is -2.16. The van der Waals surface area contributed by atoms with E-state index in [2.05, 4.69) is 5.32 Å². The summed E-state index contributed by atoms with van der Waals surface area (Å²) >= 11 is 0. The van der Waals surface area contributed by atoms with E-state index in [1.807, 2.05) is 0 Å². The average Bonchev–Trinajstić information content (AvgIpc) is 2.37. The molecule has 1 aromatic carbocycles.